The number of carbonyl (C=O) groups excluding carboxylic acids is 1. The first-order valence-electron chi connectivity index (χ1n) is 8.67. The van der Waals surface area contributed by atoms with Crippen molar-refractivity contribution in [1.29, 1.82) is 5.26 Å². The van der Waals surface area contributed by atoms with Crippen molar-refractivity contribution in [3.8, 4) is 6.07 Å². The third kappa shape index (κ3) is 2.33. The molecule has 0 aromatic rings. The van der Waals surface area contributed by atoms with E-state index in [1.807, 2.05) is 0 Å². The van der Waals surface area contributed by atoms with Gasteiger partial charge in [-0.3, -0.25) is 4.79 Å². The number of amides is 1. The van der Waals surface area contributed by atoms with Crippen LogP contribution in [0.2, 0.25) is 0 Å². The topological polar surface area (TPSA) is 76.4 Å². The van der Waals surface area contributed by atoms with E-state index in [1.54, 1.807) is 4.90 Å². The molecular weight excluding hydrogens is 278 g/mol. The molecule has 4 aliphatic carbocycles. The standard InChI is InChI=1S/C17H25N3O2/c18-9-14-2-1-3-20(14)15(21)10-19-16-5-12-4-13(6-16)8-17(22,7-12)11-16/h12-14,19,22H,1-8,10-11H2/t12-,13?,14?,16?,17?/m0/s1. The number of likely N-dealkylation sites (tertiary alicyclic amines) is 1. The first-order valence-corrected chi connectivity index (χ1v) is 8.67. The van der Waals surface area contributed by atoms with Gasteiger partial charge < -0.3 is 15.3 Å². The summed E-state index contributed by atoms with van der Waals surface area (Å²) in [5.74, 6) is 1.28. The van der Waals surface area contributed by atoms with Crippen LogP contribution in [-0.2, 0) is 4.79 Å². The van der Waals surface area contributed by atoms with Gasteiger partial charge in [0.1, 0.15) is 6.04 Å². The fourth-order valence-corrected chi connectivity index (χ4v) is 5.99. The van der Waals surface area contributed by atoms with Gasteiger partial charge >= 0.3 is 0 Å². The highest BCUT2D eigenvalue weighted by Gasteiger charge is 2.57. The molecule has 4 saturated carbocycles. The number of rotatable bonds is 3. The van der Waals surface area contributed by atoms with Crippen LogP contribution in [0.5, 0.6) is 0 Å². The van der Waals surface area contributed by atoms with Crippen LogP contribution in [0.25, 0.3) is 0 Å². The number of hydrogen-bond acceptors (Lipinski definition) is 4. The van der Waals surface area contributed by atoms with Gasteiger partial charge in [-0.2, -0.15) is 5.26 Å². The molecule has 2 N–H and O–H groups in total. The van der Waals surface area contributed by atoms with Crippen LogP contribution in [0.3, 0.4) is 0 Å². The van der Waals surface area contributed by atoms with Gasteiger partial charge in [0.05, 0.1) is 18.2 Å². The monoisotopic (exact) mass is 303 g/mol. The summed E-state index contributed by atoms with van der Waals surface area (Å²) in [7, 11) is 0. The number of nitriles is 1. The molecule has 5 heteroatoms. The van der Waals surface area contributed by atoms with E-state index in [1.165, 1.54) is 6.42 Å². The highest BCUT2D eigenvalue weighted by molar-refractivity contribution is 5.79. The Labute approximate surface area is 131 Å². The highest BCUT2D eigenvalue weighted by atomic mass is 16.3. The zero-order valence-corrected chi connectivity index (χ0v) is 13.1. The Morgan fingerprint density at radius 2 is 2.05 bits per heavy atom. The van der Waals surface area contributed by atoms with Gasteiger partial charge in [0.2, 0.25) is 5.91 Å². The van der Waals surface area contributed by atoms with Gasteiger partial charge in [-0.1, -0.05) is 0 Å². The molecule has 1 amide bonds. The Hall–Kier alpha value is -1.12. The predicted molar refractivity (Wildman–Crippen MR) is 80.7 cm³/mol. The number of carbonyl (C=O) groups is 1. The summed E-state index contributed by atoms with van der Waals surface area (Å²) in [6.45, 7) is 1.02. The summed E-state index contributed by atoms with van der Waals surface area (Å²) in [4.78, 5) is 14.2. The lowest BCUT2D eigenvalue weighted by molar-refractivity contribution is -0.147. The Morgan fingerprint density at radius 3 is 2.68 bits per heavy atom. The number of nitrogens with one attached hydrogen (secondary N) is 1. The van der Waals surface area contributed by atoms with Crippen LogP contribution >= 0.6 is 0 Å². The van der Waals surface area contributed by atoms with Crippen LogP contribution in [-0.4, -0.2) is 46.2 Å². The van der Waals surface area contributed by atoms with Crippen molar-refractivity contribution in [3.63, 3.8) is 0 Å². The molecule has 5 atom stereocenters. The summed E-state index contributed by atoms with van der Waals surface area (Å²) in [6, 6.07) is 1.99. The number of aliphatic hydroxyl groups is 1. The van der Waals surface area contributed by atoms with Crippen molar-refractivity contribution in [2.45, 2.75) is 68.5 Å². The van der Waals surface area contributed by atoms with E-state index in [9.17, 15) is 9.90 Å². The lowest BCUT2D eigenvalue weighted by Gasteiger charge is -2.60. The minimum atomic E-state index is -0.497. The fourth-order valence-electron chi connectivity index (χ4n) is 5.99. The molecule has 5 fully saturated rings. The molecule has 4 bridgehead atoms. The first kappa shape index (κ1) is 14.5. The van der Waals surface area contributed by atoms with Gasteiger partial charge in [-0.05, 0) is 63.2 Å². The Morgan fingerprint density at radius 1 is 1.32 bits per heavy atom. The SMILES string of the molecule is N#CC1CCCN1C(=O)CNC12CC3C[C@H](CC(O)(C3)C1)C2. The van der Waals surface area contributed by atoms with Crippen molar-refractivity contribution < 1.29 is 9.90 Å². The Kier molecular flexibility index (Phi) is 3.25. The molecule has 5 nitrogen and oxygen atoms in total. The maximum Gasteiger partial charge on any atom is 0.237 e. The second-order valence-corrected chi connectivity index (χ2v) is 8.19. The van der Waals surface area contributed by atoms with Crippen LogP contribution in [0, 0.1) is 23.2 Å². The summed E-state index contributed by atoms with van der Waals surface area (Å²) in [5, 5.41) is 23.4. The van der Waals surface area contributed by atoms with Gasteiger partial charge in [-0.15, -0.1) is 0 Å². The molecule has 4 unspecified atom stereocenters. The van der Waals surface area contributed by atoms with E-state index in [0.717, 1.165) is 44.9 Å². The smallest absolute Gasteiger partial charge is 0.237 e. The third-order valence-corrected chi connectivity index (χ3v) is 6.37. The first-order chi connectivity index (χ1) is 10.5. The van der Waals surface area contributed by atoms with Crippen LogP contribution < -0.4 is 5.32 Å². The summed E-state index contributed by atoms with van der Waals surface area (Å²) in [6.07, 6.45) is 7.87. The van der Waals surface area contributed by atoms with E-state index in [0.29, 0.717) is 24.9 Å². The van der Waals surface area contributed by atoms with Crippen LogP contribution in [0.4, 0.5) is 0 Å². The molecule has 5 aliphatic rings. The largest absolute Gasteiger partial charge is 0.390 e. The Bertz CT molecular complexity index is 512. The fraction of sp³-hybridized carbons (Fsp3) is 0.882. The molecule has 0 radical (unpaired) electrons. The highest BCUT2D eigenvalue weighted by Crippen LogP contribution is 2.57. The van der Waals surface area contributed by atoms with Gasteiger partial charge in [0.25, 0.3) is 0 Å². The quantitative estimate of drug-likeness (QED) is 0.821. The predicted octanol–water partition coefficient (Wildman–Crippen LogP) is 1.17. The average Bonchev–Trinajstić information content (AvgIpc) is 2.90. The third-order valence-electron chi connectivity index (χ3n) is 6.37. The molecule has 1 heterocycles. The van der Waals surface area contributed by atoms with Crippen LogP contribution in [0.15, 0.2) is 0 Å². The average molecular weight is 303 g/mol. The van der Waals surface area contributed by atoms with E-state index in [-0.39, 0.29) is 17.5 Å². The van der Waals surface area contributed by atoms with Gasteiger partial charge in [0.15, 0.2) is 0 Å². The van der Waals surface area contributed by atoms with E-state index in [2.05, 4.69) is 11.4 Å². The van der Waals surface area contributed by atoms with E-state index >= 15 is 0 Å². The molecule has 0 aromatic heterocycles. The zero-order valence-electron chi connectivity index (χ0n) is 13.1. The maximum absolute atomic E-state index is 12.4. The van der Waals surface area contributed by atoms with Crippen molar-refractivity contribution >= 4 is 5.91 Å². The molecule has 0 aromatic carbocycles. The molecule has 120 valence electrons. The lowest BCUT2D eigenvalue weighted by Crippen LogP contribution is -2.65. The number of hydrogen-bond donors (Lipinski definition) is 2. The summed E-state index contributed by atoms with van der Waals surface area (Å²) >= 11 is 0. The van der Waals surface area contributed by atoms with Gasteiger partial charge in [-0.25, -0.2) is 0 Å². The molecule has 0 spiro atoms. The second kappa shape index (κ2) is 4.94. The molecule has 5 rings (SSSR count). The van der Waals surface area contributed by atoms with Crippen molar-refractivity contribution in [3.05, 3.63) is 0 Å². The normalized spacial score (nSPS) is 46.0. The lowest BCUT2D eigenvalue weighted by atomic mass is 9.51. The summed E-state index contributed by atoms with van der Waals surface area (Å²) in [5.41, 5.74) is -0.542. The van der Waals surface area contributed by atoms with Crippen molar-refractivity contribution in [1.82, 2.24) is 10.2 Å². The van der Waals surface area contributed by atoms with Crippen molar-refractivity contribution in [2.75, 3.05) is 13.1 Å². The minimum Gasteiger partial charge on any atom is -0.390 e. The number of nitrogens with zero attached hydrogens (tertiary/aromatic N) is 2. The molecule has 22 heavy (non-hydrogen) atoms. The molecular formula is C17H25N3O2. The molecule has 1 aliphatic heterocycles. The van der Waals surface area contributed by atoms with E-state index < -0.39 is 5.60 Å². The van der Waals surface area contributed by atoms with Crippen LogP contribution in [0.1, 0.15) is 51.4 Å². The maximum atomic E-state index is 12.4. The minimum absolute atomic E-state index is 0.0453. The van der Waals surface area contributed by atoms with E-state index in [4.69, 9.17) is 5.26 Å². The zero-order chi connectivity index (χ0) is 15.4. The Balaban J connectivity index is 1.41. The van der Waals surface area contributed by atoms with Crippen molar-refractivity contribution in [2.24, 2.45) is 11.8 Å². The second-order valence-electron chi connectivity index (χ2n) is 8.19. The molecule has 1 saturated heterocycles. The summed E-state index contributed by atoms with van der Waals surface area (Å²) < 4.78 is 0. The van der Waals surface area contributed by atoms with Gasteiger partial charge in [0, 0.05) is 12.1 Å².